The molecule has 7 heteroatoms. The van der Waals surface area contributed by atoms with Crippen LogP contribution in [0.25, 0.3) is 0 Å². The third-order valence-corrected chi connectivity index (χ3v) is 4.73. The van der Waals surface area contributed by atoms with Gasteiger partial charge < -0.3 is 5.11 Å². The van der Waals surface area contributed by atoms with Gasteiger partial charge in [0.1, 0.15) is 5.82 Å². The van der Waals surface area contributed by atoms with E-state index in [0.717, 1.165) is 6.07 Å². The van der Waals surface area contributed by atoms with E-state index >= 15 is 0 Å². The van der Waals surface area contributed by atoms with Crippen LogP contribution < -0.4 is 4.72 Å². The molecule has 0 aromatic heterocycles. The van der Waals surface area contributed by atoms with E-state index in [-0.39, 0.29) is 22.2 Å². The second kappa shape index (κ2) is 6.01. The summed E-state index contributed by atoms with van der Waals surface area (Å²) in [6.07, 6.45) is 0. The molecule has 2 rings (SSSR count). The number of hydrogen-bond donors (Lipinski definition) is 2. The van der Waals surface area contributed by atoms with Crippen LogP contribution in [0.1, 0.15) is 11.1 Å². The standard InChI is InChI=1S/C14H13ClFNO3S/c1-9-2-3-10(8-18)6-14(9)21(19,20)17-11-4-5-12(15)13(16)7-11/h2-7,17-18H,8H2,1H3. The first-order valence-electron chi connectivity index (χ1n) is 6.02. The molecule has 0 aliphatic rings. The molecule has 0 spiro atoms. The third-order valence-electron chi connectivity index (χ3n) is 2.90. The summed E-state index contributed by atoms with van der Waals surface area (Å²) in [5.41, 5.74) is 1.07. The maximum Gasteiger partial charge on any atom is 0.262 e. The number of aliphatic hydroxyl groups is 1. The predicted molar refractivity (Wildman–Crippen MR) is 79.3 cm³/mol. The minimum Gasteiger partial charge on any atom is -0.392 e. The number of benzene rings is 2. The molecule has 0 heterocycles. The molecule has 2 aromatic rings. The smallest absolute Gasteiger partial charge is 0.262 e. The molecule has 0 saturated carbocycles. The summed E-state index contributed by atoms with van der Waals surface area (Å²) in [7, 11) is -3.88. The molecule has 0 radical (unpaired) electrons. The number of hydrogen-bond acceptors (Lipinski definition) is 3. The van der Waals surface area contributed by atoms with E-state index in [0.29, 0.717) is 11.1 Å². The molecule has 0 fully saturated rings. The Hall–Kier alpha value is -1.63. The molecule has 2 aromatic carbocycles. The van der Waals surface area contributed by atoms with Gasteiger partial charge in [0.2, 0.25) is 0 Å². The zero-order valence-electron chi connectivity index (χ0n) is 11.1. The lowest BCUT2D eigenvalue weighted by Gasteiger charge is -2.11. The molecule has 0 atom stereocenters. The third kappa shape index (κ3) is 3.53. The average Bonchev–Trinajstić information content (AvgIpc) is 2.43. The maximum absolute atomic E-state index is 13.4. The second-order valence-corrected chi connectivity index (χ2v) is 6.55. The highest BCUT2D eigenvalue weighted by molar-refractivity contribution is 7.92. The summed E-state index contributed by atoms with van der Waals surface area (Å²) in [5, 5.41) is 9.01. The Morgan fingerprint density at radius 3 is 2.57 bits per heavy atom. The molecular formula is C14H13ClFNO3S. The van der Waals surface area contributed by atoms with Crippen molar-refractivity contribution in [2.75, 3.05) is 4.72 Å². The van der Waals surface area contributed by atoms with Gasteiger partial charge in [-0.1, -0.05) is 23.7 Å². The molecule has 0 aliphatic carbocycles. The fourth-order valence-electron chi connectivity index (χ4n) is 1.80. The van der Waals surface area contributed by atoms with Crippen molar-refractivity contribution in [3.63, 3.8) is 0 Å². The van der Waals surface area contributed by atoms with Gasteiger partial charge >= 0.3 is 0 Å². The van der Waals surface area contributed by atoms with Crippen molar-refractivity contribution in [2.24, 2.45) is 0 Å². The number of aliphatic hydroxyl groups excluding tert-OH is 1. The number of anilines is 1. The minimum absolute atomic E-state index is 0.0319. The van der Waals surface area contributed by atoms with Crippen LogP contribution in [0.3, 0.4) is 0 Å². The Labute approximate surface area is 127 Å². The fourth-order valence-corrected chi connectivity index (χ4v) is 3.27. The highest BCUT2D eigenvalue weighted by atomic mass is 35.5. The Morgan fingerprint density at radius 1 is 1.24 bits per heavy atom. The van der Waals surface area contributed by atoms with Crippen molar-refractivity contribution in [1.29, 1.82) is 0 Å². The van der Waals surface area contributed by atoms with E-state index < -0.39 is 15.8 Å². The monoisotopic (exact) mass is 329 g/mol. The van der Waals surface area contributed by atoms with Gasteiger partial charge in [-0.05, 0) is 42.3 Å². The van der Waals surface area contributed by atoms with Crippen LogP contribution in [-0.4, -0.2) is 13.5 Å². The predicted octanol–water partition coefficient (Wildman–Crippen LogP) is 3.08. The molecule has 0 unspecified atom stereocenters. The summed E-state index contributed by atoms with van der Waals surface area (Å²) >= 11 is 5.55. The van der Waals surface area contributed by atoms with Crippen LogP contribution in [0.2, 0.25) is 5.02 Å². The quantitative estimate of drug-likeness (QED) is 0.906. The molecule has 21 heavy (non-hydrogen) atoms. The van der Waals surface area contributed by atoms with Crippen LogP contribution in [-0.2, 0) is 16.6 Å². The molecule has 4 nitrogen and oxygen atoms in total. The zero-order valence-corrected chi connectivity index (χ0v) is 12.7. The van der Waals surface area contributed by atoms with E-state index in [1.807, 2.05) is 0 Å². The number of aryl methyl sites for hydroxylation is 1. The van der Waals surface area contributed by atoms with Crippen molar-refractivity contribution >= 4 is 27.3 Å². The first-order valence-corrected chi connectivity index (χ1v) is 7.88. The topological polar surface area (TPSA) is 66.4 Å². The molecule has 2 N–H and O–H groups in total. The number of sulfonamides is 1. The highest BCUT2D eigenvalue weighted by Gasteiger charge is 2.18. The molecular weight excluding hydrogens is 317 g/mol. The Bertz CT molecular complexity index is 778. The summed E-state index contributed by atoms with van der Waals surface area (Å²) in [4.78, 5) is 0.0319. The Morgan fingerprint density at radius 2 is 1.95 bits per heavy atom. The fraction of sp³-hybridized carbons (Fsp3) is 0.143. The lowest BCUT2D eigenvalue weighted by atomic mass is 10.2. The zero-order chi connectivity index (χ0) is 15.6. The number of halogens is 2. The van der Waals surface area contributed by atoms with E-state index in [1.165, 1.54) is 18.2 Å². The Balaban J connectivity index is 2.40. The van der Waals surface area contributed by atoms with Crippen molar-refractivity contribution < 1.29 is 17.9 Å². The lowest BCUT2D eigenvalue weighted by Crippen LogP contribution is -2.14. The highest BCUT2D eigenvalue weighted by Crippen LogP contribution is 2.23. The summed E-state index contributed by atoms with van der Waals surface area (Å²) < 4.78 is 40.3. The van der Waals surface area contributed by atoms with E-state index in [2.05, 4.69) is 4.72 Å². The van der Waals surface area contributed by atoms with Crippen LogP contribution in [0.4, 0.5) is 10.1 Å². The van der Waals surface area contributed by atoms with Gasteiger partial charge in [-0.25, -0.2) is 12.8 Å². The number of rotatable bonds is 4. The average molecular weight is 330 g/mol. The van der Waals surface area contributed by atoms with Gasteiger partial charge in [-0.2, -0.15) is 0 Å². The van der Waals surface area contributed by atoms with Gasteiger partial charge in [0, 0.05) is 0 Å². The Kier molecular flexibility index (Phi) is 4.51. The van der Waals surface area contributed by atoms with Crippen molar-refractivity contribution in [2.45, 2.75) is 18.4 Å². The van der Waals surface area contributed by atoms with Crippen molar-refractivity contribution in [3.8, 4) is 0 Å². The minimum atomic E-state index is -3.88. The summed E-state index contributed by atoms with van der Waals surface area (Å²) in [5.74, 6) is -0.710. The van der Waals surface area contributed by atoms with Crippen LogP contribution in [0.15, 0.2) is 41.3 Å². The molecule has 0 aliphatic heterocycles. The molecule has 0 bridgehead atoms. The van der Waals surface area contributed by atoms with Crippen molar-refractivity contribution in [1.82, 2.24) is 0 Å². The molecule has 0 saturated heterocycles. The first kappa shape index (κ1) is 15.8. The van der Waals surface area contributed by atoms with E-state index in [4.69, 9.17) is 16.7 Å². The van der Waals surface area contributed by atoms with E-state index in [1.54, 1.807) is 19.1 Å². The van der Waals surface area contributed by atoms with Gasteiger partial charge in [-0.15, -0.1) is 0 Å². The number of nitrogens with one attached hydrogen (secondary N) is 1. The van der Waals surface area contributed by atoms with Gasteiger partial charge in [0.15, 0.2) is 0 Å². The van der Waals surface area contributed by atoms with Crippen LogP contribution >= 0.6 is 11.6 Å². The van der Waals surface area contributed by atoms with Gasteiger partial charge in [-0.3, -0.25) is 4.72 Å². The normalized spacial score (nSPS) is 11.4. The SMILES string of the molecule is Cc1ccc(CO)cc1S(=O)(=O)Nc1ccc(Cl)c(F)c1. The van der Waals surface area contributed by atoms with Gasteiger partial charge in [0.05, 0.1) is 22.2 Å². The van der Waals surface area contributed by atoms with Gasteiger partial charge in [0.25, 0.3) is 10.0 Å². The van der Waals surface area contributed by atoms with Crippen LogP contribution in [0.5, 0.6) is 0 Å². The van der Waals surface area contributed by atoms with Crippen LogP contribution in [0, 0.1) is 12.7 Å². The van der Waals surface area contributed by atoms with E-state index in [9.17, 15) is 12.8 Å². The first-order chi connectivity index (χ1) is 9.83. The summed E-state index contributed by atoms with van der Waals surface area (Å²) in [6.45, 7) is 1.37. The second-order valence-electron chi connectivity index (χ2n) is 4.49. The summed E-state index contributed by atoms with van der Waals surface area (Å²) in [6, 6.07) is 8.26. The molecule has 0 amide bonds. The largest absolute Gasteiger partial charge is 0.392 e. The van der Waals surface area contributed by atoms with Crippen molar-refractivity contribution in [3.05, 3.63) is 58.4 Å². The molecule has 112 valence electrons. The lowest BCUT2D eigenvalue weighted by molar-refractivity contribution is 0.281. The maximum atomic E-state index is 13.4.